The fourth-order valence-electron chi connectivity index (χ4n) is 2.06. The molecule has 0 radical (unpaired) electrons. The van der Waals surface area contributed by atoms with Gasteiger partial charge in [0.15, 0.2) is 5.79 Å². The van der Waals surface area contributed by atoms with E-state index in [1.165, 1.54) is 5.06 Å². The van der Waals surface area contributed by atoms with E-state index in [-0.39, 0.29) is 12.1 Å². The Labute approximate surface area is 108 Å². The first-order valence-corrected chi connectivity index (χ1v) is 6.29. The minimum absolute atomic E-state index is 0.103. The quantitative estimate of drug-likeness (QED) is 0.834. The molecule has 0 unspecified atom stereocenters. The fourth-order valence-corrected chi connectivity index (χ4v) is 2.06. The lowest BCUT2D eigenvalue weighted by atomic mass is 10.1. The molecule has 4 nitrogen and oxygen atoms in total. The van der Waals surface area contributed by atoms with Gasteiger partial charge in [0, 0.05) is 6.54 Å². The third-order valence-electron chi connectivity index (χ3n) is 3.23. The third-order valence-corrected chi connectivity index (χ3v) is 3.23. The molecule has 1 fully saturated rings. The molecule has 18 heavy (non-hydrogen) atoms. The number of rotatable bonds is 4. The number of benzene rings is 1. The summed E-state index contributed by atoms with van der Waals surface area (Å²) in [5.41, 5.74) is 1.07. The molecule has 2 rings (SSSR count). The third kappa shape index (κ3) is 3.29. The van der Waals surface area contributed by atoms with E-state index < -0.39 is 5.79 Å². The van der Waals surface area contributed by atoms with Crippen LogP contribution in [0, 0.1) is 0 Å². The van der Waals surface area contributed by atoms with Crippen molar-refractivity contribution in [1.82, 2.24) is 5.06 Å². The van der Waals surface area contributed by atoms with Crippen molar-refractivity contribution < 1.29 is 14.7 Å². The van der Waals surface area contributed by atoms with E-state index in [0.29, 0.717) is 13.2 Å². The van der Waals surface area contributed by atoms with E-state index in [4.69, 9.17) is 9.47 Å². The number of ether oxygens (including phenoxy) is 2. The van der Waals surface area contributed by atoms with Crippen molar-refractivity contribution in [3.05, 3.63) is 35.9 Å². The molecule has 0 bridgehead atoms. The molecule has 1 aliphatic rings. The summed E-state index contributed by atoms with van der Waals surface area (Å²) in [5, 5.41) is 11.4. The van der Waals surface area contributed by atoms with Crippen LogP contribution in [0.25, 0.3) is 0 Å². The van der Waals surface area contributed by atoms with Crippen molar-refractivity contribution in [2.24, 2.45) is 0 Å². The van der Waals surface area contributed by atoms with Crippen LogP contribution in [0.3, 0.4) is 0 Å². The molecule has 4 heteroatoms. The van der Waals surface area contributed by atoms with Gasteiger partial charge in [-0.05, 0) is 26.3 Å². The first kappa shape index (κ1) is 13.5. The molecule has 2 atom stereocenters. The molecule has 0 amide bonds. The normalized spacial score (nSPS) is 24.4. The van der Waals surface area contributed by atoms with Crippen molar-refractivity contribution in [2.75, 3.05) is 6.61 Å². The van der Waals surface area contributed by atoms with Gasteiger partial charge in [-0.25, -0.2) is 0 Å². The topological polar surface area (TPSA) is 41.9 Å². The average molecular weight is 251 g/mol. The fraction of sp³-hybridized carbons (Fsp3) is 0.571. The van der Waals surface area contributed by atoms with Crippen molar-refractivity contribution in [1.29, 1.82) is 0 Å². The lowest BCUT2D eigenvalue weighted by Crippen LogP contribution is -2.41. The first-order valence-electron chi connectivity index (χ1n) is 6.29. The smallest absolute Gasteiger partial charge is 0.163 e. The molecule has 0 aliphatic carbocycles. The van der Waals surface area contributed by atoms with E-state index in [1.807, 2.05) is 51.1 Å². The van der Waals surface area contributed by atoms with Crippen LogP contribution in [0.4, 0.5) is 0 Å². The van der Waals surface area contributed by atoms with E-state index in [1.54, 1.807) is 0 Å². The molecular formula is C14H21NO3. The van der Waals surface area contributed by atoms with Gasteiger partial charge >= 0.3 is 0 Å². The van der Waals surface area contributed by atoms with Crippen LogP contribution >= 0.6 is 0 Å². The van der Waals surface area contributed by atoms with Crippen molar-refractivity contribution in [3.8, 4) is 0 Å². The Hall–Kier alpha value is -0.940. The Balaban J connectivity index is 1.91. The largest absolute Gasteiger partial charge is 0.348 e. The van der Waals surface area contributed by atoms with Crippen LogP contribution in [0.5, 0.6) is 0 Å². The van der Waals surface area contributed by atoms with Gasteiger partial charge in [-0.2, -0.15) is 5.06 Å². The van der Waals surface area contributed by atoms with Gasteiger partial charge in [-0.15, -0.1) is 0 Å². The summed E-state index contributed by atoms with van der Waals surface area (Å²) in [7, 11) is 0. The first-order chi connectivity index (χ1) is 8.48. The highest BCUT2D eigenvalue weighted by Crippen LogP contribution is 2.26. The van der Waals surface area contributed by atoms with Gasteiger partial charge in [0.2, 0.25) is 0 Å². The molecule has 1 aliphatic heterocycles. The molecular weight excluding hydrogens is 230 g/mol. The number of hydrogen-bond acceptors (Lipinski definition) is 4. The van der Waals surface area contributed by atoms with Gasteiger partial charge in [0.25, 0.3) is 0 Å². The number of nitrogens with zero attached hydrogens (tertiary/aromatic N) is 1. The molecule has 100 valence electrons. The monoisotopic (exact) mass is 251 g/mol. The SMILES string of the molecule is C[C@H]([C@H]1COC(C)(C)O1)N(O)Cc1ccccc1. The zero-order valence-corrected chi connectivity index (χ0v) is 11.2. The molecule has 0 spiro atoms. The number of hydrogen-bond donors (Lipinski definition) is 1. The van der Waals surface area contributed by atoms with Crippen LogP contribution in [-0.2, 0) is 16.0 Å². The van der Waals surface area contributed by atoms with Crippen LogP contribution in [0.2, 0.25) is 0 Å². The lowest BCUT2D eigenvalue weighted by molar-refractivity contribution is -0.184. The Morgan fingerprint density at radius 3 is 2.61 bits per heavy atom. The number of hydroxylamine groups is 2. The maximum Gasteiger partial charge on any atom is 0.163 e. The molecule has 1 saturated heterocycles. The summed E-state index contributed by atoms with van der Waals surface area (Å²) in [4.78, 5) is 0. The maximum absolute atomic E-state index is 10.1. The highest BCUT2D eigenvalue weighted by Gasteiger charge is 2.37. The minimum atomic E-state index is -0.549. The van der Waals surface area contributed by atoms with Crippen LogP contribution in [0.15, 0.2) is 30.3 Å². The second-order valence-electron chi connectivity index (χ2n) is 5.19. The van der Waals surface area contributed by atoms with Gasteiger partial charge < -0.3 is 14.7 Å². The predicted octanol–water partition coefficient (Wildman–Crippen LogP) is 2.42. The van der Waals surface area contributed by atoms with E-state index in [0.717, 1.165) is 5.56 Å². The Morgan fingerprint density at radius 2 is 2.06 bits per heavy atom. The molecule has 1 aromatic carbocycles. The summed E-state index contributed by atoms with van der Waals surface area (Å²) in [6.45, 7) is 6.72. The molecule has 0 aromatic heterocycles. The Kier molecular flexibility index (Phi) is 4.02. The summed E-state index contributed by atoms with van der Waals surface area (Å²) in [6.07, 6.45) is -0.103. The van der Waals surface area contributed by atoms with Crippen molar-refractivity contribution in [3.63, 3.8) is 0 Å². The van der Waals surface area contributed by atoms with Crippen LogP contribution < -0.4 is 0 Å². The Bertz CT molecular complexity index is 380. The van der Waals surface area contributed by atoms with Gasteiger partial charge in [0.1, 0.15) is 6.10 Å². The average Bonchev–Trinajstić information content (AvgIpc) is 2.70. The second-order valence-corrected chi connectivity index (χ2v) is 5.19. The summed E-state index contributed by atoms with van der Waals surface area (Å²) < 4.78 is 11.3. The van der Waals surface area contributed by atoms with Crippen LogP contribution in [0.1, 0.15) is 26.3 Å². The van der Waals surface area contributed by atoms with E-state index in [9.17, 15) is 5.21 Å². The van der Waals surface area contributed by atoms with Crippen molar-refractivity contribution in [2.45, 2.75) is 45.2 Å². The second kappa shape index (κ2) is 5.36. The van der Waals surface area contributed by atoms with Gasteiger partial charge in [-0.1, -0.05) is 30.3 Å². The highest BCUT2D eigenvalue weighted by atomic mass is 16.7. The summed E-state index contributed by atoms with van der Waals surface area (Å²) in [5.74, 6) is -0.549. The molecule has 1 N–H and O–H groups in total. The lowest BCUT2D eigenvalue weighted by Gasteiger charge is -2.27. The summed E-state index contributed by atoms with van der Waals surface area (Å²) >= 11 is 0. The zero-order chi connectivity index (χ0) is 13.2. The zero-order valence-electron chi connectivity index (χ0n) is 11.2. The van der Waals surface area contributed by atoms with Crippen molar-refractivity contribution >= 4 is 0 Å². The Morgan fingerprint density at radius 1 is 1.39 bits per heavy atom. The van der Waals surface area contributed by atoms with E-state index >= 15 is 0 Å². The summed E-state index contributed by atoms with van der Waals surface area (Å²) in [6, 6.07) is 9.77. The predicted molar refractivity (Wildman–Crippen MR) is 68.1 cm³/mol. The molecule has 0 saturated carbocycles. The van der Waals surface area contributed by atoms with Gasteiger partial charge in [-0.3, -0.25) is 0 Å². The van der Waals surface area contributed by atoms with E-state index in [2.05, 4.69) is 0 Å². The molecule has 1 aromatic rings. The van der Waals surface area contributed by atoms with Gasteiger partial charge in [0.05, 0.1) is 12.6 Å². The standard InChI is InChI=1S/C14H21NO3/c1-11(13-10-17-14(2,3)18-13)15(16)9-12-7-5-4-6-8-12/h4-8,11,13,16H,9-10H2,1-3H3/t11-,13-/m1/s1. The molecule has 1 heterocycles. The maximum atomic E-state index is 10.1. The van der Waals surface area contributed by atoms with Crippen LogP contribution in [-0.4, -0.2) is 34.8 Å². The highest BCUT2D eigenvalue weighted by molar-refractivity contribution is 5.14. The minimum Gasteiger partial charge on any atom is -0.348 e.